The summed E-state index contributed by atoms with van der Waals surface area (Å²) in [5.41, 5.74) is 1.95. The molecule has 0 radical (unpaired) electrons. The lowest BCUT2D eigenvalue weighted by Crippen LogP contribution is -2.66. The van der Waals surface area contributed by atoms with E-state index in [1.807, 2.05) is 12.1 Å². The average molecular weight is 536 g/mol. The third-order valence-corrected chi connectivity index (χ3v) is 9.50. The van der Waals surface area contributed by atoms with Crippen molar-refractivity contribution in [2.75, 3.05) is 37.7 Å². The van der Waals surface area contributed by atoms with Crippen LogP contribution < -0.4 is 15.0 Å². The van der Waals surface area contributed by atoms with Gasteiger partial charge in [0.1, 0.15) is 11.9 Å². The Balaban J connectivity index is 1.20. The second kappa shape index (κ2) is 10.2. The normalized spacial score (nSPS) is 25.3. The number of morpholine rings is 1. The van der Waals surface area contributed by atoms with Crippen LogP contribution in [0.15, 0.2) is 42.5 Å². The van der Waals surface area contributed by atoms with Gasteiger partial charge in [-0.3, -0.25) is 4.79 Å². The van der Waals surface area contributed by atoms with Crippen LogP contribution in [0.1, 0.15) is 57.3 Å². The first-order valence-corrected chi connectivity index (χ1v) is 14.0. The number of ether oxygens (including phenoxy) is 2. The number of halogens is 1. The van der Waals surface area contributed by atoms with Gasteiger partial charge in [-0.1, -0.05) is 45.4 Å². The van der Waals surface area contributed by atoms with Crippen molar-refractivity contribution in [3.8, 4) is 5.75 Å². The molecule has 0 amide bonds. The van der Waals surface area contributed by atoms with Crippen LogP contribution in [0, 0.1) is 23.3 Å². The van der Waals surface area contributed by atoms with E-state index in [1.54, 1.807) is 18.2 Å². The predicted octanol–water partition coefficient (Wildman–Crippen LogP) is 6.55. The van der Waals surface area contributed by atoms with Gasteiger partial charge >= 0.3 is 0 Å². The Bertz CT molecular complexity index is 1200. The molecule has 0 aromatic heterocycles. The SMILES string of the molecule is [C-]#[N+]c1ccc(OC2C(C)(C)C(CC(=O)c3ccc(N4CCC5(CC4)CNCCO5)cc3)C2(C)C)cc1Cl. The van der Waals surface area contributed by atoms with Gasteiger partial charge in [-0.25, -0.2) is 4.85 Å². The first kappa shape index (κ1) is 27.0. The van der Waals surface area contributed by atoms with Gasteiger partial charge in [-0.05, 0) is 55.2 Å². The Labute approximate surface area is 231 Å². The number of ketones is 1. The number of carbonyl (C=O) groups is 1. The number of carbonyl (C=O) groups excluding carboxylic acids is 1. The fourth-order valence-corrected chi connectivity index (χ4v) is 7.38. The van der Waals surface area contributed by atoms with Crippen molar-refractivity contribution in [1.29, 1.82) is 0 Å². The maximum Gasteiger partial charge on any atom is 0.205 e. The summed E-state index contributed by atoms with van der Waals surface area (Å²) in [4.78, 5) is 19.2. The molecular formula is C31H38ClN3O3. The van der Waals surface area contributed by atoms with Gasteiger partial charge in [-0.2, -0.15) is 0 Å². The molecule has 2 aliphatic heterocycles. The molecule has 6 nitrogen and oxygen atoms in total. The standard InChI is InChI=1S/C31H38ClN3O3/c1-29(2)27(30(3,4)28(29)38-23-10-11-25(33-5)24(32)18-23)19-26(36)21-6-8-22(9-7-21)35-15-12-31(13-16-35)20-34-14-17-37-31/h6-11,18,27-28,34H,12-17,19-20H2,1-4H3. The summed E-state index contributed by atoms with van der Waals surface area (Å²) in [6.45, 7) is 20.5. The van der Waals surface area contributed by atoms with Crippen molar-refractivity contribution in [2.24, 2.45) is 16.7 Å². The first-order valence-electron chi connectivity index (χ1n) is 13.6. The number of benzene rings is 2. The molecule has 1 spiro atoms. The molecule has 0 unspecified atom stereocenters. The van der Waals surface area contributed by atoms with Crippen molar-refractivity contribution in [3.63, 3.8) is 0 Å². The van der Waals surface area contributed by atoms with Crippen LogP contribution in [-0.2, 0) is 4.74 Å². The molecule has 1 N–H and O–H groups in total. The van der Waals surface area contributed by atoms with Crippen LogP contribution in [-0.4, -0.2) is 50.3 Å². The van der Waals surface area contributed by atoms with Crippen molar-refractivity contribution in [3.05, 3.63) is 64.5 Å². The molecular weight excluding hydrogens is 498 g/mol. The summed E-state index contributed by atoms with van der Waals surface area (Å²) >= 11 is 6.23. The molecule has 7 heteroatoms. The summed E-state index contributed by atoms with van der Waals surface area (Å²) in [5.74, 6) is 1.00. The summed E-state index contributed by atoms with van der Waals surface area (Å²) in [7, 11) is 0. The quantitative estimate of drug-likeness (QED) is 0.335. The van der Waals surface area contributed by atoms with Crippen molar-refractivity contribution >= 4 is 28.8 Å². The fraction of sp³-hybridized carbons (Fsp3) is 0.548. The molecule has 2 heterocycles. The smallest absolute Gasteiger partial charge is 0.205 e. The zero-order valence-corrected chi connectivity index (χ0v) is 23.6. The minimum absolute atomic E-state index is 0.0118. The lowest BCUT2D eigenvalue weighted by molar-refractivity contribution is -0.196. The number of hydrogen-bond acceptors (Lipinski definition) is 5. The third kappa shape index (κ3) is 4.93. The van der Waals surface area contributed by atoms with E-state index in [2.05, 4.69) is 54.9 Å². The van der Waals surface area contributed by atoms with E-state index in [4.69, 9.17) is 27.6 Å². The van der Waals surface area contributed by atoms with Gasteiger partial charge < -0.3 is 19.7 Å². The van der Waals surface area contributed by atoms with E-state index in [0.717, 1.165) is 51.2 Å². The third-order valence-electron chi connectivity index (χ3n) is 9.19. The molecule has 2 saturated heterocycles. The minimum Gasteiger partial charge on any atom is -0.489 e. The van der Waals surface area contributed by atoms with E-state index < -0.39 is 0 Å². The predicted molar refractivity (Wildman–Crippen MR) is 152 cm³/mol. The number of Topliss-reactive ketones (excluding diaryl/α,β-unsaturated/α-hetero) is 1. The average Bonchev–Trinajstić information content (AvgIpc) is 2.91. The molecule has 3 fully saturated rings. The van der Waals surface area contributed by atoms with E-state index in [1.165, 1.54) is 5.69 Å². The van der Waals surface area contributed by atoms with Gasteiger partial charge in [-0.15, -0.1) is 0 Å². The lowest BCUT2D eigenvalue weighted by atomic mass is 9.44. The Morgan fingerprint density at radius 1 is 1.13 bits per heavy atom. The van der Waals surface area contributed by atoms with Gasteiger partial charge in [0.25, 0.3) is 0 Å². The van der Waals surface area contributed by atoms with Gasteiger partial charge in [0.05, 0.1) is 23.8 Å². The van der Waals surface area contributed by atoms with Crippen LogP contribution in [0.4, 0.5) is 11.4 Å². The Morgan fingerprint density at radius 2 is 1.82 bits per heavy atom. The minimum atomic E-state index is -0.191. The van der Waals surface area contributed by atoms with Crippen molar-refractivity contribution in [1.82, 2.24) is 5.32 Å². The molecule has 0 bridgehead atoms. The van der Waals surface area contributed by atoms with Crippen molar-refractivity contribution < 1.29 is 14.3 Å². The highest BCUT2D eigenvalue weighted by Crippen LogP contribution is 2.61. The molecule has 2 aromatic rings. The highest BCUT2D eigenvalue weighted by molar-refractivity contribution is 6.33. The summed E-state index contributed by atoms with van der Waals surface area (Å²) < 4.78 is 12.5. The Morgan fingerprint density at radius 3 is 2.39 bits per heavy atom. The lowest BCUT2D eigenvalue weighted by Gasteiger charge is -2.63. The van der Waals surface area contributed by atoms with E-state index in [0.29, 0.717) is 22.9 Å². The van der Waals surface area contributed by atoms with Crippen LogP contribution >= 0.6 is 11.6 Å². The molecule has 5 rings (SSSR count). The van der Waals surface area contributed by atoms with Gasteiger partial charge in [0.2, 0.25) is 5.69 Å². The topological polar surface area (TPSA) is 55.2 Å². The highest BCUT2D eigenvalue weighted by Gasteiger charge is 2.63. The van der Waals surface area contributed by atoms with E-state index in [-0.39, 0.29) is 34.2 Å². The maximum atomic E-state index is 13.4. The van der Waals surface area contributed by atoms with Gasteiger partial charge in [0, 0.05) is 54.7 Å². The summed E-state index contributed by atoms with van der Waals surface area (Å²) in [5, 5.41) is 3.87. The zero-order valence-electron chi connectivity index (χ0n) is 22.9. The largest absolute Gasteiger partial charge is 0.489 e. The summed E-state index contributed by atoms with van der Waals surface area (Å²) in [6.07, 6.45) is 2.45. The monoisotopic (exact) mass is 535 g/mol. The first-order chi connectivity index (χ1) is 18.1. The number of hydrogen-bond donors (Lipinski definition) is 1. The second-order valence-electron chi connectivity index (χ2n) is 12.3. The van der Waals surface area contributed by atoms with Gasteiger partial charge in [0.15, 0.2) is 5.78 Å². The molecule has 1 saturated carbocycles. The molecule has 3 aliphatic rings. The number of piperidine rings is 1. The molecule has 0 atom stereocenters. The molecule has 202 valence electrons. The highest BCUT2D eigenvalue weighted by atomic mass is 35.5. The number of nitrogens with zero attached hydrogens (tertiary/aromatic N) is 2. The molecule has 38 heavy (non-hydrogen) atoms. The second-order valence-corrected chi connectivity index (χ2v) is 12.7. The van der Waals surface area contributed by atoms with Crippen LogP contribution in [0.2, 0.25) is 5.02 Å². The zero-order chi connectivity index (χ0) is 27.1. The Kier molecular flexibility index (Phi) is 7.24. The van der Waals surface area contributed by atoms with Crippen LogP contribution in [0.3, 0.4) is 0 Å². The van der Waals surface area contributed by atoms with Crippen molar-refractivity contribution in [2.45, 2.75) is 58.7 Å². The number of anilines is 1. The summed E-state index contributed by atoms with van der Waals surface area (Å²) in [6, 6.07) is 13.3. The van der Waals surface area contributed by atoms with Crippen LogP contribution in [0.25, 0.3) is 4.85 Å². The Hall–Kier alpha value is -2.59. The maximum absolute atomic E-state index is 13.4. The molecule has 2 aromatic carbocycles. The van der Waals surface area contributed by atoms with Crippen LogP contribution in [0.5, 0.6) is 5.75 Å². The molecule has 1 aliphatic carbocycles. The fourth-order valence-electron chi connectivity index (χ4n) is 7.17. The number of rotatable bonds is 6. The number of nitrogens with one attached hydrogen (secondary N) is 1. The van der Waals surface area contributed by atoms with E-state index in [9.17, 15) is 4.79 Å². The van der Waals surface area contributed by atoms with E-state index >= 15 is 0 Å².